The van der Waals surface area contributed by atoms with Gasteiger partial charge in [-0.1, -0.05) is 36.8 Å². The van der Waals surface area contributed by atoms with Crippen LogP contribution in [0.15, 0.2) is 35.5 Å². The molecule has 1 N–H and O–H groups in total. The van der Waals surface area contributed by atoms with Gasteiger partial charge in [-0.3, -0.25) is 4.79 Å². The summed E-state index contributed by atoms with van der Waals surface area (Å²) in [5.41, 5.74) is 2.19. The summed E-state index contributed by atoms with van der Waals surface area (Å²) in [7, 11) is 2.42. The Kier molecular flexibility index (Phi) is 8.34. The average Bonchev–Trinajstić information content (AvgIpc) is 2.95. The third-order valence-electron chi connectivity index (χ3n) is 6.62. The van der Waals surface area contributed by atoms with E-state index in [-0.39, 0.29) is 5.91 Å². The minimum Gasteiger partial charge on any atom is -0.352 e. The topological polar surface area (TPSA) is 29.1 Å². The van der Waals surface area contributed by atoms with Gasteiger partial charge in [-0.15, -0.1) is 0 Å². The molecule has 2 saturated heterocycles. The van der Waals surface area contributed by atoms with Crippen molar-refractivity contribution in [2.75, 3.05) is 26.7 Å². The maximum Gasteiger partial charge on any atom is 0.246 e. The molecule has 2 rings (SSSR count). The van der Waals surface area contributed by atoms with Crippen LogP contribution in [0.25, 0.3) is 0 Å². The van der Waals surface area contributed by atoms with Gasteiger partial charge in [-0.25, -0.2) is 0 Å². The van der Waals surface area contributed by atoms with Crippen LogP contribution < -0.4 is 5.32 Å². The standard InChI is InChI=1S/C24H40N2O/c1-19(2)10-8-11-20(3)12-9-13-21(4)24(27)25-18-22-15-17-26(5)16-7-6-14-23(22)26/h9-10,12-13,20,22-23H,6-8,11,14-18H2,1-5H3/p+1/b12-9+,21-13+/t20-,22+,23-,26?/m1/s1. The second-order valence-electron chi connectivity index (χ2n) is 9.32. The molecule has 0 spiro atoms. The van der Waals surface area contributed by atoms with Crippen LogP contribution in [0.3, 0.4) is 0 Å². The van der Waals surface area contributed by atoms with E-state index < -0.39 is 0 Å². The monoisotopic (exact) mass is 373 g/mol. The molecule has 0 saturated carbocycles. The molecular formula is C24H41N2O+. The molecule has 0 aromatic heterocycles. The van der Waals surface area contributed by atoms with E-state index in [0.29, 0.717) is 11.8 Å². The molecule has 2 aliphatic rings. The van der Waals surface area contributed by atoms with E-state index in [4.69, 9.17) is 0 Å². The summed E-state index contributed by atoms with van der Waals surface area (Å²) < 4.78 is 1.24. The van der Waals surface area contributed by atoms with E-state index in [1.165, 1.54) is 48.8 Å². The number of amides is 1. The highest BCUT2D eigenvalue weighted by molar-refractivity contribution is 5.93. The molecule has 27 heavy (non-hydrogen) atoms. The Hall–Kier alpha value is -1.35. The highest BCUT2D eigenvalue weighted by Gasteiger charge is 2.46. The molecule has 2 heterocycles. The molecule has 1 amide bonds. The molecule has 1 unspecified atom stereocenters. The van der Waals surface area contributed by atoms with Crippen molar-refractivity contribution in [3.05, 3.63) is 35.5 Å². The summed E-state index contributed by atoms with van der Waals surface area (Å²) in [4.78, 5) is 12.4. The van der Waals surface area contributed by atoms with Crippen molar-refractivity contribution < 1.29 is 9.28 Å². The van der Waals surface area contributed by atoms with Crippen molar-refractivity contribution in [3.63, 3.8) is 0 Å². The molecule has 2 fully saturated rings. The molecule has 2 aliphatic heterocycles. The van der Waals surface area contributed by atoms with Crippen LogP contribution in [0.5, 0.6) is 0 Å². The summed E-state index contributed by atoms with van der Waals surface area (Å²) >= 11 is 0. The fraction of sp³-hybridized carbons (Fsp3) is 0.708. The van der Waals surface area contributed by atoms with Crippen LogP contribution in [-0.4, -0.2) is 43.1 Å². The Morgan fingerprint density at radius 2 is 1.96 bits per heavy atom. The largest absolute Gasteiger partial charge is 0.352 e. The molecule has 3 nitrogen and oxygen atoms in total. The van der Waals surface area contributed by atoms with Crippen LogP contribution in [0.1, 0.15) is 66.2 Å². The molecule has 0 aromatic carbocycles. The van der Waals surface area contributed by atoms with E-state index in [9.17, 15) is 4.79 Å². The summed E-state index contributed by atoms with van der Waals surface area (Å²) in [6, 6.07) is 0.755. The molecule has 0 radical (unpaired) electrons. The fourth-order valence-electron chi connectivity index (χ4n) is 4.78. The van der Waals surface area contributed by atoms with E-state index in [0.717, 1.165) is 31.0 Å². The number of nitrogens with one attached hydrogen (secondary N) is 1. The molecule has 0 bridgehead atoms. The number of hydrogen-bond donors (Lipinski definition) is 1. The van der Waals surface area contributed by atoms with Crippen LogP contribution in [0.4, 0.5) is 0 Å². The molecule has 0 aromatic rings. The number of rotatable bonds is 8. The number of carbonyl (C=O) groups excluding carboxylic acids is 1. The quantitative estimate of drug-likeness (QED) is 0.276. The first-order valence-corrected chi connectivity index (χ1v) is 10.9. The summed E-state index contributed by atoms with van der Waals surface area (Å²) in [5, 5.41) is 3.20. The molecule has 0 aliphatic carbocycles. The first-order valence-electron chi connectivity index (χ1n) is 10.9. The predicted octanol–water partition coefficient (Wildman–Crippen LogP) is 5.01. The number of allylic oxidation sites excluding steroid dienone is 5. The average molecular weight is 374 g/mol. The van der Waals surface area contributed by atoms with Crippen LogP contribution in [0.2, 0.25) is 0 Å². The van der Waals surface area contributed by atoms with Crippen LogP contribution >= 0.6 is 0 Å². The zero-order valence-electron chi connectivity index (χ0n) is 18.3. The minimum absolute atomic E-state index is 0.0914. The zero-order valence-corrected chi connectivity index (χ0v) is 18.3. The lowest BCUT2D eigenvalue weighted by Crippen LogP contribution is -2.53. The van der Waals surface area contributed by atoms with Gasteiger partial charge in [0, 0.05) is 30.9 Å². The molecule has 3 heteroatoms. The highest BCUT2D eigenvalue weighted by atomic mass is 16.1. The van der Waals surface area contributed by atoms with Gasteiger partial charge in [0.05, 0.1) is 26.2 Å². The van der Waals surface area contributed by atoms with Gasteiger partial charge < -0.3 is 9.80 Å². The highest BCUT2D eigenvalue weighted by Crippen LogP contribution is 2.36. The predicted molar refractivity (Wildman–Crippen MR) is 115 cm³/mol. The van der Waals surface area contributed by atoms with Gasteiger partial charge in [0.15, 0.2) is 0 Å². The van der Waals surface area contributed by atoms with Crippen LogP contribution in [-0.2, 0) is 4.79 Å². The van der Waals surface area contributed by atoms with Crippen molar-refractivity contribution in [1.29, 1.82) is 0 Å². The van der Waals surface area contributed by atoms with Crippen molar-refractivity contribution >= 4 is 5.91 Å². The SMILES string of the molecule is CC(C)=CCC[C@@H](C)/C=C/C=C(\C)C(=O)NC[C@@H]1CC[N+]2(C)CCCC[C@H]12. The number of hydrogen-bond acceptors (Lipinski definition) is 1. The van der Waals surface area contributed by atoms with Crippen LogP contribution in [0, 0.1) is 11.8 Å². The minimum atomic E-state index is 0.0914. The Bertz CT molecular complexity index is 585. The Balaban J connectivity index is 1.75. The van der Waals surface area contributed by atoms with Crippen molar-refractivity contribution in [3.8, 4) is 0 Å². The van der Waals surface area contributed by atoms with Crippen molar-refractivity contribution in [2.45, 2.75) is 72.3 Å². The molecule has 4 atom stereocenters. The first-order chi connectivity index (χ1) is 12.8. The van der Waals surface area contributed by atoms with Gasteiger partial charge in [0.2, 0.25) is 5.91 Å². The molecular weight excluding hydrogens is 332 g/mol. The van der Waals surface area contributed by atoms with Gasteiger partial charge in [-0.2, -0.15) is 0 Å². The number of carbonyl (C=O) groups is 1. The van der Waals surface area contributed by atoms with Gasteiger partial charge in [0.25, 0.3) is 0 Å². The maximum atomic E-state index is 12.4. The number of piperidine rings is 1. The summed E-state index contributed by atoms with van der Waals surface area (Å²) in [6.45, 7) is 11.9. The number of quaternary nitrogens is 1. The summed E-state index contributed by atoms with van der Waals surface area (Å²) in [5.74, 6) is 1.28. The first kappa shape index (κ1) is 21.9. The smallest absolute Gasteiger partial charge is 0.246 e. The van der Waals surface area contributed by atoms with Crippen molar-refractivity contribution in [1.82, 2.24) is 5.32 Å². The third-order valence-corrected chi connectivity index (χ3v) is 6.62. The van der Waals surface area contributed by atoms with Gasteiger partial charge in [-0.05, 0) is 52.4 Å². The maximum absolute atomic E-state index is 12.4. The van der Waals surface area contributed by atoms with Gasteiger partial charge >= 0.3 is 0 Å². The lowest BCUT2D eigenvalue weighted by Gasteiger charge is -2.41. The Labute approximate surface area is 167 Å². The number of nitrogens with zero attached hydrogens (tertiary/aromatic N) is 1. The van der Waals surface area contributed by atoms with E-state index in [2.05, 4.69) is 45.3 Å². The second kappa shape index (κ2) is 10.3. The number of fused-ring (bicyclic) bond motifs is 1. The molecule has 152 valence electrons. The van der Waals surface area contributed by atoms with E-state index >= 15 is 0 Å². The third kappa shape index (κ3) is 6.64. The van der Waals surface area contributed by atoms with E-state index in [1.807, 2.05) is 19.1 Å². The van der Waals surface area contributed by atoms with E-state index in [1.54, 1.807) is 0 Å². The Morgan fingerprint density at radius 1 is 1.19 bits per heavy atom. The van der Waals surface area contributed by atoms with Crippen molar-refractivity contribution in [2.24, 2.45) is 11.8 Å². The fourth-order valence-corrected chi connectivity index (χ4v) is 4.78. The Morgan fingerprint density at radius 3 is 2.70 bits per heavy atom. The lowest BCUT2D eigenvalue weighted by molar-refractivity contribution is -0.927. The lowest BCUT2D eigenvalue weighted by atomic mass is 9.92. The van der Waals surface area contributed by atoms with Gasteiger partial charge in [0.1, 0.15) is 0 Å². The summed E-state index contributed by atoms with van der Waals surface area (Å²) in [6.07, 6.45) is 16.1. The zero-order chi connectivity index (χ0) is 19.9. The second-order valence-corrected chi connectivity index (χ2v) is 9.32. The normalized spacial score (nSPS) is 29.4.